The molecule has 2 fully saturated rings. The number of halogens is 2. The van der Waals surface area contributed by atoms with Crippen LogP contribution in [0.15, 0.2) is 77.7 Å². The molecular formula is C34H40ClFN4O6S. The number of amides is 2. The van der Waals surface area contributed by atoms with Gasteiger partial charge in [-0.15, -0.1) is 0 Å². The first-order chi connectivity index (χ1) is 22.6. The number of alkyl carbamates (subject to hydrolysis) is 1. The molecule has 2 aliphatic rings. The van der Waals surface area contributed by atoms with Gasteiger partial charge in [0.2, 0.25) is 15.9 Å². The Kier molecular flexibility index (Phi) is 11.2. The molecule has 0 radical (unpaired) electrons. The number of sulfonamides is 1. The minimum absolute atomic E-state index is 0.146. The number of carbonyl (C=O) groups is 2. The van der Waals surface area contributed by atoms with Gasteiger partial charge in [0.15, 0.2) is 0 Å². The predicted octanol–water partition coefficient (Wildman–Crippen LogP) is 4.87. The van der Waals surface area contributed by atoms with E-state index in [9.17, 15) is 18.0 Å². The van der Waals surface area contributed by atoms with Gasteiger partial charge >= 0.3 is 6.09 Å². The Bertz CT molecular complexity index is 1650. The van der Waals surface area contributed by atoms with E-state index in [0.29, 0.717) is 50.6 Å². The van der Waals surface area contributed by atoms with Crippen LogP contribution >= 0.6 is 11.6 Å². The molecule has 0 aliphatic carbocycles. The first-order valence-electron chi connectivity index (χ1n) is 15.6. The number of nitrogens with one attached hydrogen (secondary N) is 3. The summed E-state index contributed by atoms with van der Waals surface area (Å²) in [5, 5.41) is 9.44. The maximum atomic E-state index is 15.5. The topological polar surface area (TPSA) is 126 Å². The molecular weight excluding hydrogens is 647 g/mol. The fourth-order valence-corrected chi connectivity index (χ4v) is 8.71. The van der Waals surface area contributed by atoms with Gasteiger partial charge in [0.1, 0.15) is 11.9 Å². The lowest BCUT2D eigenvalue weighted by Crippen LogP contribution is -2.58. The van der Waals surface area contributed by atoms with Crippen LogP contribution in [0, 0.1) is 5.82 Å². The minimum Gasteiger partial charge on any atom is -0.453 e. The first kappa shape index (κ1) is 34.8. The molecule has 2 heterocycles. The summed E-state index contributed by atoms with van der Waals surface area (Å²) in [6.45, 7) is 3.44. The van der Waals surface area contributed by atoms with E-state index in [2.05, 4.69) is 16.0 Å². The normalized spacial score (nSPS) is 20.6. The molecule has 5 rings (SSSR count). The lowest BCUT2D eigenvalue weighted by molar-refractivity contribution is -0.121. The van der Waals surface area contributed by atoms with Gasteiger partial charge in [0.05, 0.1) is 12.0 Å². The number of rotatable bonds is 10. The van der Waals surface area contributed by atoms with Crippen LogP contribution in [0.1, 0.15) is 37.3 Å². The minimum atomic E-state index is -3.82. The highest BCUT2D eigenvalue weighted by molar-refractivity contribution is 7.89. The molecule has 47 heavy (non-hydrogen) atoms. The van der Waals surface area contributed by atoms with Crippen LogP contribution in [0.25, 0.3) is 0 Å². The van der Waals surface area contributed by atoms with Gasteiger partial charge in [-0.25, -0.2) is 17.6 Å². The Morgan fingerprint density at radius 2 is 1.77 bits per heavy atom. The number of piperazine rings is 1. The molecule has 0 bridgehead atoms. The molecule has 2 saturated heterocycles. The van der Waals surface area contributed by atoms with Crippen molar-refractivity contribution in [2.45, 2.75) is 61.0 Å². The van der Waals surface area contributed by atoms with Crippen molar-refractivity contribution in [1.29, 1.82) is 0 Å². The Morgan fingerprint density at radius 1 is 1.06 bits per heavy atom. The number of hydrogen-bond donors (Lipinski definition) is 3. The zero-order valence-corrected chi connectivity index (χ0v) is 28.0. The van der Waals surface area contributed by atoms with Crippen LogP contribution in [0.3, 0.4) is 0 Å². The van der Waals surface area contributed by atoms with E-state index in [-0.39, 0.29) is 28.6 Å². The summed E-state index contributed by atoms with van der Waals surface area (Å²) >= 11 is 6.17. The van der Waals surface area contributed by atoms with Gasteiger partial charge in [-0.1, -0.05) is 48.0 Å². The highest BCUT2D eigenvalue weighted by atomic mass is 35.5. The lowest BCUT2D eigenvalue weighted by atomic mass is 9.68. The van der Waals surface area contributed by atoms with Gasteiger partial charge in [-0.3, -0.25) is 4.79 Å². The van der Waals surface area contributed by atoms with Crippen molar-refractivity contribution < 1.29 is 31.9 Å². The van der Waals surface area contributed by atoms with E-state index in [1.807, 2.05) is 19.1 Å². The molecule has 3 atom stereocenters. The smallest absolute Gasteiger partial charge is 0.407 e. The summed E-state index contributed by atoms with van der Waals surface area (Å²) in [4.78, 5) is 27.0. The van der Waals surface area contributed by atoms with Crippen molar-refractivity contribution in [3.8, 4) is 0 Å². The summed E-state index contributed by atoms with van der Waals surface area (Å²) in [5.41, 5.74) is 0.393. The predicted molar refractivity (Wildman–Crippen MR) is 177 cm³/mol. The SMILES string of the molecule is COC(=O)N[C@H](C(=O)Nc1cccc(F)c1CC[C@H]1CNC[C@@H](C)N1S(=O)(=O)c1ccccc1)C1(c2ccc(Cl)cc2)CCOCC1. The maximum absolute atomic E-state index is 15.5. The summed E-state index contributed by atoms with van der Waals surface area (Å²) in [6.07, 6.45) is 0.496. The molecule has 0 spiro atoms. The van der Waals surface area contributed by atoms with E-state index in [0.717, 1.165) is 5.56 Å². The van der Waals surface area contributed by atoms with Gasteiger partial charge in [0, 0.05) is 60.1 Å². The third-order valence-corrected chi connectivity index (χ3v) is 11.4. The number of benzene rings is 3. The van der Waals surface area contributed by atoms with E-state index >= 15 is 4.39 Å². The van der Waals surface area contributed by atoms with Crippen molar-refractivity contribution in [2.75, 3.05) is 38.7 Å². The number of hydrogen-bond acceptors (Lipinski definition) is 7. The maximum Gasteiger partial charge on any atom is 0.407 e. The average molecular weight is 687 g/mol. The van der Waals surface area contributed by atoms with Gasteiger partial charge in [-0.2, -0.15) is 4.31 Å². The number of nitrogens with zero attached hydrogens (tertiary/aromatic N) is 1. The van der Waals surface area contributed by atoms with Gasteiger partial charge in [-0.05, 0) is 74.6 Å². The number of anilines is 1. The highest BCUT2D eigenvalue weighted by Gasteiger charge is 2.47. The van der Waals surface area contributed by atoms with Gasteiger partial charge < -0.3 is 25.4 Å². The Morgan fingerprint density at radius 3 is 2.45 bits per heavy atom. The lowest BCUT2D eigenvalue weighted by Gasteiger charge is -2.43. The molecule has 252 valence electrons. The summed E-state index contributed by atoms with van der Waals surface area (Å²) in [7, 11) is -2.60. The highest BCUT2D eigenvalue weighted by Crippen LogP contribution is 2.39. The second-order valence-corrected chi connectivity index (χ2v) is 14.2. The van der Waals surface area contributed by atoms with Crippen molar-refractivity contribution in [1.82, 2.24) is 14.9 Å². The van der Waals surface area contributed by atoms with E-state index in [1.165, 1.54) is 23.5 Å². The molecule has 2 aliphatic heterocycles. The largest absolute Gasteiger partial charge is 0.453 e. The second kappa shape index (κ2) is 15.1. The van der Waals surface area contributed by atoms with Crippen molar-refractivity contribution in [2.24, 2.45) is 0 Å². The number of carbonyl (C=O) groups excluding carboxylic acids is 2. The van der Waals surface area contributed by atoms with Gasteiger partial charge in [0.25, 0.3) is 0 Å². The molecule has 13 heteroatoms. The molecule has 3 N–H and O–H groups in total. The van der Waals surface area contributed by atoms with Crippen LogP contribution in [-0.4, -0.2) is 76.3 Å². The quantitative estimate of drug-likeness (QED) is 0.278. The molecule has 3 aromatic rings. The third kappa shape index (κ3) is 7.62. The zero-order valence-electron chi connectivity index (χ0n) is 26.4. The van der Waals surface area contributed by atoms with E-state index in [4.69, 9.17) is 21.1 Å². The first-order valence-corrected chi connectivity index (χ1v) is 17.4. The van der Waals surface area contributed by atoms with E-state index in [1.54, 1.807) is 48.5 Å². The van der Waals surface area contributed by atoms with Crippen LogP contribution in [0.4, 0.5) is 14.9 Å². The Balaban J connectivity index is 1.43. The monoisotopic (exact) mass is 686 g/mol. The molecule has 3 aromatic carbocycles. The summed E-state index contributed by atoms with van der Waals surface area (Å²) < 4.78 is 55.0. The van der Waals surface area contributed by atoms with Crippen LogP contribution < -0.4 is 16.0 Å². The van der Waals surface area contributed by atoms with Crippen molar-refractivity contribution in [3.05, 3.63) is 94.8 Å². The number of methoxy groups -OCH3 is 1. The Hall–Kier alpha value is -3.55. The van der Waals surface area contributed by atoms with E-state index < -0.39 is 45.3 Å². The molecule has 0 unspecified atom stereocenters. The third-order valence-electron chi connectivity index (χ3n) is 9.10. The second-order valence-electron chi connectivity index (χ2n) is 11.9. The summed E-state index contributed by atoms with van der Waals surface area (Å²) in [5.74, 6) is -1.09. The van der Waals surface area contributed by atoms with Crippen LogP contribution in [0.2, 0.25) is 5.02 Å². The molecule has 0 saturated carbocycles. The number of ether oxygens (including phenoxy) is 2. The zero-order chi connectivity index (χ0) is 33.6. The van der Waals surface area contributed by atoms with Crippen LogP contribution in [-0.2, 0) is 36.1 Å². The average Bonchev–Trinajstić information content (AvgIpc) is 3.07. The molecule has 10 nitrogen and oxygen atoms in total. The molecule has 2 amide bonds. The van der Waals surface area contributed by atoms with Crippen LogP contribution in [0.5, 0.6) is 0 Å². The van der Waals surface area contributed by atoms with Crippen molar-refractivity contribution in [3.63, 3.8) is 0 Å². The fraction of sp³-hybridized carbons (Fsp3) is 0.412. The fourth-order valence-electron chi connectivity index (χ4n) is 6.71. The standard InChI is InChI=1S/C34H40ClFN4O6S/c1-23-21-37-22-26(40(23)47(43,44)27-7-4-3-5-8-27)15-16-28-29(36)9-6-10-30(28)38-32(41)31(39-33(42)45-2)34(17-19-46-20-18-34)24-11-13-25(35)14-12-24/h3-14,23,26,31,37H,15-22H2,1-2H3,(H,38,41)(H,39,42)/t23-,26+,31-/m1/s1. The summed E-state index contributed by atoms with van der Waals surface area (Å²) in [6, 6.07) is 17.9. The molecule has 0 aromatic heterocycles. The van der Waals surface area contributed by atoms with Crippen molar-refractivity contribution >= 4 is 39.3 Å². The Labute approximate surface area is 280 Å².